The Hall–Kier alpha value is -3.15. The zero-order valence-electron chi connectivity index (χ0n) is 11.8. The van der Waals surface area contributed by atoms with E-state index in [2.05, 4.69) is 20.4 Å². The van der Waals surface area contributed by atoms with E-state index in [1.54, 1.807) is 25.3 Å². The Kier molecular flexibility index (Phi) is 2.69. The number of carbonyl (C=O) groups excluding carboxylic acids is 1. The van der Waals surface area contributed by atoms with Crippen LogP contribution < -0.4 is 4.74 Å². The first-order chi connectivity index (χ1) is 10.7. The number of fused-ring (bicyclic) bond motifs is 2. The molecule has 0 fully saturated rings. The van der Waals surface area contributed by atoms with Crippen molar-refractivity contribution in [1.29, 1.82) is 0 Å². The number of nitrogens with zero attached hydrogens (tertiary/aromatic N) is 2. The van der Waals surface area contributed by atoms with Crippen LogP contribution >= 0.6 is 0 Å². The summed E-state index contributed by atoms with van der Waals surface area (Å²) in [4.78, 5) is 15.8. The van der Waals surface area contributed by atoms with Gasteiger partial charge in [0.2, 0.25) is 5.78 Å². The van der Waals surface area contributed by atoms with Crippen LogP contribution in [0.15, 0.2) is 42.5 Å². The summed E-state index contributed by atoms with van der Waals surface area (Å²) in [5, 5.41) is 11.5. The Morgan fingerprint density at radius 1 is 1.05 bits per heavy atom. The second kappa shape index (κ2) is 4.70. The minimum atomic E-state index is -0.0833. The van der Waals surface area contributed by atoms with Crippen molar-refractivity contribution in [1.82, 2.24) is 20.4 Å². The maximum Gasteiger partial charge on any atom is 0.209 e. The average molecular weight is 292 g/mol. The third-order valence-corrected chi connectivity index (χ3v) is 3.65. The van der Waals surface area contributed by atoms with E-state index in [0.29, 0.717) is 16.8 Å². The fourth-order valence-corrected chi connectivity index (χ4v) is 2.50. The number of carbonyl (C=O) groups is 1. The zero-order valence-corrected chi connectivity index (χ0v) is 11.8. The van der Waals surface area contributed by atoms with E-state index < -0.39 is 0 Å². The van der Waals surface area contributed by atoms with E-state index in [4.69, 9.17) is 4.74 Å². The standard InChI is InChI=1S/C16H12N4O2/c1-22-11-3-5-12-10(6-11)8-15(17-12)16(21)9-2-4-13-14(7-9)19-20-18-13/h2-8,17H,1H3,(H,18,19,20). The lowest BCUT2D eigenvalue weighted by Gasteiger charge is -1.97. The second-order valence-electron chi connectivity index (χ2n) is 4.99. The van der Waals surface area contributed by atoms with Crippen molar-refractivity contribution in [3.8, 4) is 5.75 Å². The number of nitrogens with one attached hydrogen (secondary N) is 2. The molecule has 0 saturated heterocycles. The maximum atomic E-state index is 12.6. The topological polar surface area (TPSA) is 83.7 Å². The number of methoxy groups -OCH3 is 1. The average Bonchev–Trinajstić information content (AvgIpc) is 3.18. The molecule has 22 heavy (non-hydrogen) atoms. The highest BCUT2D eigenvalue weighted by atomic mass is 16.5. The molecule has 0 atom stereocenters. The Morgan fingerprint density at radius 2 is 1.91 bits per heavy atom. The van der Waals surface area contributed by atoms with Crippen molar-refractivity contribution in [3.63, 3.8) is 0 Å². The third kappa shape index (κ3) is 1.93. The van der Waals surface area contributed by atoms with Crippen LogP contribution in [0.3, 0.4) is 0 Å². The normalized spacial score (nSPS) is 11.1. The van der Waals surface area contributed by atoms with Gasteiger partial charge >= 0.3 is 0 Å². The number of benzene rings is 2. The van der Waals surface area contributed by atoms with Crippen LogP contribution in [0, 0.1) is 0 Å². The molecule has 4 rings (SSSR count). The molecule has 0 aliphatic rings. The van der Waals surface area contributed by atoms with Crippen LogP contribution in [0.1, 0.15) is 16.1 Å². The molecule has 0 unspecified atom stereocenters. The number of aromatic nitrogens is 4. The first kappa shape index (κ1) is 12.6. The molecule has 0 saturated carbocycles. The van der Waals surface area contributed by atoms with Crippen LogP contribution in [-0.4, -0.2) is 33.3 Å². The van der Waals surface area contributed by atoms with E-state index in [1.165, 1.54) is 0 Å². The number of hydrogen-bond acceptors (Lipinski definition) is 4. The number of ketones is 1. The van der Waals surface area contributed by atoms with Crippen LogP contribution in [0.4, 0.5) is 0 Å². The van der Waals surface area contributed by atoms with Crippen molar-refractivity contribution >= 4 is 27.7 Å². The minimum Gasteiger partial charge on any atom is -0.497 e. The quantitative estimate of drug-likeness (QED) is 0.569. The van der Waals surface area contributed by atoms with Crippen LogP contribution in [0.5, 0.6) is 5.75 Å². The van der Waals surface area contributed by atoms with Crippen LogP contribution in [-0.2, 0) is 0 Å². The minimum absolute atomic E-state index is 0.0833. The molecule has 4 aromatic rings. The summed E-state index contributed by atoms with van der Waals surface area (Å²) in [5.41, 5.74) is 3.40. The van der Waals surface area contributed by atoms with Crippen molar-refractivity contribution in [2.24, 2.45) is 0 Å². The van der Waals surface area contributed by atoms with Gasteiger partial charge in [0.05, 0.1) is 12.8 Å². The predicted molar refractivity (Wildman–Crippen MR) is 82.2 cm³/mol. The van der Waals surface area contributed by atoms with E-state index in [-0.39, 0.29) is 5.78 Å². The smallest absolute Gasteiger partial charge is 0.209 e. The Labute approximate surface area is 125 Å². The van der Waals surface area contributed by atoms with Gasteiger partial charge in [0.25, 0.3) is 0 Å². The van der Waals surface area contributed by atoms with E-state index in [1.807, 2.05) is 24.3 Å². The van der Waals surface area contributed by atoms with Crippen molar-refractivity contribution in [3.05, 3.63) is 53.7 Å². The van der Waals surface area contributed by atoms with Gasteiger partial charge < -0.3 is 9.72 Å². The van der Waals surface area contributed by atoms with Crippen molar-refractivity contribution < 1.29 is 9.53 Å². The molecule has 108 valence electrons. The molecule has 0 bridgehead atoms. The number of ether oxygens (including phenoxy) is 1. The molecule has 2 aromatic carbocycles. The summed E-state index contributed by atoms with van der Waals surface area (Å²) < 4.78 is 5.20. The highest BCUT2D eigenvalue weighted by Crippen LogP contribution is 2.23. The molecule has 0 radical (unpaired) electrons. The lowest BCUT2D eigenvalue weighted by molar-refractivity contribution is 0.103. The highest BCUT2D eigenvalue weighted by molar-refractivity contribution is 6.11. The first-order valence-corrected chi connectivity index (χ1v) is 6.76. The fourth-order valence-electron chi connectivity index (χ4n) is 2.50. The Morgan fingerprint density at radius 3 is 2.77 bits per heavy atom. The zero-order chi connectivity index (χ0) is 15.1. The lowest BCUT2D eigenvalue weighted by atomic mass is 10.1. The number of rotatable bonds is 3. The SMILES string of the molecule is COc1ccc2[nH]c(C(=O)c3ccc4n[nH]nc4c3)cc2c1. The van der Waals surface area contributed by atoms with Gasteiger partial charge in [-0.2, -0.15) is 15.4 Å². The van der Waals surface area contributed by atoms with Gasteiger partial charge in [0.15, 0.2) is 0 Å². The molecule has 0 spiro atoms. The molecule has 0 aliphatic carbocycles. The fraction of sp³-hybridized carbons (Fsp3) is 0.0625. The van der Waals surface area contributed by atoms with Gasteiger partial charge in [0.1, 0.15) is 16.8 Å². The molecule has 0 aliphatic heterocycles. The number of aromatic amines is 2. The van der Waals surface area contributed by atoms with Crippen LogP contribution in [0.25, 0.3) is 21.9 Å². The summed E-state index contributed by atoms with van der Waals surface area (Å²) in [6, 6.07) is 12.7. The Balaban J connectivity index is 1.77. The van der Waals surface area contributed by atoms with Gasteiger partial charge in [-0.15, -0.1) is 0 Å². The maximum absolute atomic E-state index is 12.6. The molecule has 2 N–H and O–H groups in total. The van der Waals surface area contributed by atoms with Crippen LogP contribution in [0.2, 0.25) is 0 Å². The van der Waals surface area contributed by atoms with Gasteiger partial charge in [-0.25, -0.2) is 0 Å². The van der Waals surface area contributed by atoms with E-state index in [9.17, 15) is 4.79 Å². The second-order valence-corrected chi connectivity index (χ2v) is 4.99. The number of H-pyrrole nitrogens is 2. The molecule has 2 aromatic heterocycles. The molecule has 6 heteroatoms. The van der Waals surface area contributed by atoms with Gasteiger partial charge in [0, 0.05) is 16.5 Å². The van der Waals surface area contributed by atoms with E-state index in [0.717, 1.165) is 22.2 Å². The molecular formula is C16H12N4O2. The van der Waals surface area contributed by atoms with Gasteiger partial charge in [-0.3, -0.25) is 4.79 Å². The van der Waals surface area contributed by atoms with Gasteiger partial charge in [-0.05, 0) is 42.5 Å². The summed E-state index contributed by atoms with van der Waals surface area (Å²) in [5.74, 6) is 0.676. The first-order valence-electron chi connectivity index (χ1n) is 6.76. The summed E-state index contributed by atoms with van der Waals surface area (Å²) in [6.45, 7) is 0. The lowest BCUT2D eigenvalue weighted by Crippen LogP contribution is -2.01. The number of hydrogen-bond donors (Lipinski definition) is 2. The predicted octanol–water partition coefficient (Wildman–Crippen LogP) is 2.68. The molecule has 0 amide bonds. The summed E-state index contributed by atoms with van der Waals surface area (Å²) >= 11 is 0. The summed E-state index contributed by atoms with van der Waals surface area (Å²) in [7, 11) is 1.62. The molecule has 6 nitrogen and oxygen atoms in total. The van der Waals surface area contributed by atoms with Gasteiger partial charge in [-0.1, -0.05) is 0 Å². The molecular weight excluding hydrogens is 280 g/mol. The largest absolute Gasteiger partial charge is 0.497 e. The Bertz CT molecular complexity index is 1000. The summed E-state index contributed by atoms with van der Waals surface area (Å²) in [6.07, 6.45) is 0. The third-order valence-electron chi connectivity index (χ3n) is 3.65. The van der Waals surface area contributed by atoms with E-state index >= 15 is 0 Å². The van der Waals surface area contributed by atoms with Crippen molar-refractivity contribution in [2.45, 2.75) is 0 Å². The monoisotopic (exact) mass is 292 g/mol. The molecule has 2 heterocycles. The highest BCUT2D eigenvalue weighted by Gasteiger charge is 2.13. The van der Waals surface area contributed by atoms with Crippen molar-refractivity contribution in [2.75, 3.05) is 7.11 Å².